The SMILES string of the molecule is CS(=O)(=O)N1CCCC(CSCC(N)C(=O)O)C1. The van der Waals surface area contributed by atoms with Gasteiger partial charge in [-0.15, -0.1) is 0 Å². The van der Waals surface area contributed by atoms with Crippen LogP contribution in [0.3, 0.4) is 0 Å². The van der Waals surface area contributed by atoms with E-state index >= 15 is 0 Å². The summed E-state index contributed by atoms with van der Waals surface area (Å²) in [6.45, 7) is 1.13. The number of piperidine rings is 1. The summed E-state index contributed by atoms with van der Waals surface area (Å²) >= 11 is 1.48. The Balaban J connectivity index is 2.33. The molecule has 18 heavy (non-hydrogen) atoms. The molecule has 1 rings (SSSR count). The van der Waals surface area contributed by atoms with Crippen LogP contribution in [0.25, 0.3) is 0 Å². The molecular weight excluding hydrogens is 276 g/mol. The standard InChI is InChI=1S/C10H20N2O4S2/c1-18(15,16)12-4-2-3-8(5-12)6-17-7-9(11)10(13)14/h8-9H,2-7,11H2,1H3,(H,13,14). The van der Waals surface area contributed by atoms with Crippen molar-refractivity contribution in [2.24, 2.45) is 11.7 Å². The summed E-state index contributed by atoms with van der Waals surface area (Å²) in [5.41, 5.74) is 5.40. The summed E-state index contributed by atoms with van der Waals surface area (Å²) in [7, 11) is -3.11. The summed E-state index contributed by atoms with van der Waals surface area (Å²) in [5.74, 6) is 0.418. The number of nitrogens with two attached hydrogens (primary N) is 1. The average Bonchev–Trinajstić information content (AvgIpc) is 2.28. The Bertz CT molecular complexity index is 385. The molecule has 0 amide bonds. The molecule has 1 aliphatic heterocycles. The Morgan fingerprint density at radius 2 is 2.28 bits per heavy atom. The molecule has 8 heteroatoms. The Labute approximate surface area is 112 Å². The molecule has 0 aromatic carbocycles. The average molecular weight is 296 g/mol. The largest absolute Gasteiger partial charge is 0.480 e. The maximum Gasteiger partial charge on any atom is 0.321 e. The van der Waals surface area contributed by atoms with E-state index < -0.39 is 22.0 Å². The van der Waals surface area contributed by atoms with Crippen molar-refractivity contribution < 1.29 is 18.3 Å². The maximum atomic E-state index is 11.4. The Morgan fingerprint density at radius 3 is 2.83 bits per heavy atom. The van der Waals surface area contributed by atoms with Gasteiger partial charge in [-0.3, -0.25) is 4.79 Å². The number of hydrogen-bond donors (Lipinski definition) is 2. The fourth-order valence-electron chi connectivity index (χ4n) is 1.90. The van der Waals surface area contributed by atoms with E-state index in [0.29, 0.717) is 24.8 Å². The zero-order valence-electron chi connectivity index (χ0n) is 10.4. The number of carbonyl (C=O) groups is 1. The van der Waals surface area contributed by atoms with Crippen LogP contribution in [-0.4, -0.2) is 60.7 Å². The monoisotopic (exact) mass is 296 g/mol. The van der Waals surface area contributed by atoms with E-state index in [4.69, 9.17) is 10.8 Å². The first-order chi connectivity index (χ1) is 8.30. The Morgan fingerprint density at radius 1 is 1.61 bits per heavy atom. The van der Waals surface area contributed by atoms with Gasteiger partial charge in [-0.25, -0.2) is 12.7 Å². The van der Waals surface area contributed by atoms with Crippen molar-refractivity contribution >= 4 is 27.8 Å². The van der Waals surface area contributed by atoms with Crippen LogP contribution in [0.4, 0.5) is 0 Å². The molecule has 6 nitrogen and oxygen atoms in total. The third-order valence-corrected chi connectivity index (χ3v) is 5.49. The highest BCUT2D eigenvalue weighted by Crippen LogP contribution is 2.22. The molecule has 2 atom stereocenters. The molecule has 1 heterocycles. The first kappa shape index (κ1) is 15.7. The molecule has 1 aliphatic rings. The lowest BCUT2D eigenvalue weighted by Crippen LogP contribution is -2.40. The maximum absolute atomic E-state index is 11.4. The lowest BCUT2D eigenvalue weighted by molar-refractivity contribution is -0.137. The Hall–Kier alpha value is -0.310. The van der Waals surface area contributed by atoms with E-state index in [1.807, 2.05) is 0 Å². The quantitative estimate of drug-likeness (QED) is 0.704. The van der Waals surface area contributed by atoms with Crippen molar-refractivity contribution in [1.82, 2.24) is 4.31 Å². The van der Waals surface area contributed by atoms with Crippen LogP contribution in [-0.2, 0) is 14.8 Å². The molecule has 3 N–H and O–H groups in total. The lowest BCUT2D eigenvalue weighted by Gasteiger charge is -2.30. The van der Waals surface area contributed by atoms with E-state index in [-0.39, 0.29) is 0 Å². The number of aliphatic carboxylic acids is 1. The molecule has 0 aromatic heterocycles. The van der Waals surface area contributed by atoms with Crippen molar-refractivity contribution in [3.63, 3.8) is 0 Å². The van der Waals surface area contributed by atoms with Crippen LogP contribution >= 0.6 is 11.8 Å². The number of hydrogen-bond acceptors (Lipinski definition) is 5. The van der Waals surface area contributed by atoms with E-state index in [2.05, 4.69) is 0 Å². The van der Waals surface area contributed by atoms with Gasteiger partial charge in [0, 0.05) is 18.8 Å². The summed E-state index contributed by atoms with van der Waals surface area (Å²) in [4.78, 5) is 10.5. The van der Waals surface area contributed by atoms with Crippen LogP contribution in [0.1, 0.15) is 12.8 Å². The predicted octanol–water partition coefficient (Wildman–Crippen LogP) is -0.197. The molecule has 106 valence electrons. The van der Waals surface area contributed by atoms with Gasteiger partial charge >= 0.3 is 5.97 Å². The fourth-order valence-corrected chi connectivity index (χ4v) is 3.98. The minimum atomic E-state index is -3.11. The second-order valence-corrected chi connectivity index (χ2v) is 7.67. The normalized spacial score (nSPS) is 23.8. The van der Waals surface area contributed by atoms with Gasteiger partial charge < -0.3 is 10.8 Å². The Kier molecular flexibility index (Phi) is 5.90. The molecule has 0 aliphatic carbocycles. The lowest BCUT2D eigenvalue weighted by atomic mass is 10.0. The first-order valence-corrected chi connectivity index (χ1v) is 8.82. The predicted molar refractivity (Wildman–Crippen MR) is 72.1 cm³/mol. The number of rotatable bonds is 6. The fraction of sp³-hybridized carbons (Fsp3) is 0.900. The smallest absolute Gasteiger partial charge is 0.321 e. The summed E-state index contributed by atoms with van der Waals surface area (Å²) in [6, 6.07) is -0.843. The highest BCUT2D eigenvalue weighted by Gasteiger charge is 2.26. The van der Waals surface area contributed by atoms with Crippen LogP contribution < -0.4 is 5.73 Å². The molecular formula is C10H20N2O4S2. The number of carboxylic acids is 1. The van der Waals surface area contributed by atoms with Gasteiger partial charge in [0.1, 0.15) is 6.04 Å². The van der Waals surface area contributed by atoms with Crippen LogP contribution in [0.2, 0.25) is 0 Å². The third kappa shape index (κ3) is 5.13. The molecule has 1 fully saturated rings. The van der Waals surface area contributed by atoms with E-state index in [1.54, 1.807) is 0 Å². The second kappa shape index (κ2) is 6.74. The van der Waals surface area contributed by atoms with Gasteiger partial charge in [0.05, 0.1) is 6.26 Å². The molecule has 0 bridgehead atoms. The third-order valence-electron chi connectivity index (χ3n) is 2.92. The minimum absolute atomic E-state index is 0.291. The van der Waals surface area contributed by atoms with E-state index in [9.17, 15) is 13.2 Å². The summed E-state index contributed by atoms with van der Waals surface area (Å²) in [6.07, 6.45) is 3.08. The van der Waals surface area contributed by atoms with Gasteiger partial charge in [-0.05, 0) is 24.5 Å². The molecule has 2 unspecified atom stereocenters. The molecule has 0 saturated carbocycles. The highest BCUT2D eigenvalue weighted by atomic mass is 32.2. The van der Waals surface area contributed by atoms with Crippen molar-refractivity contribution in [3.8, 4) is 0 Å². The van der Waals surface area contributed by atoms with E-state index in [1.165, 1.54) is 22.3 Å². The first-order valence-electron chi connectivity index (χ1n) is 5.82. The van der Waals surface area contributed by atoms with Crippen molar-refractivity contribution in [2.75, 3.05) is 30.9 Å². The van der Waals surface area contributed by atoms with Crippen molar-refractivity contribution in [1.29, 1.82) is 0 Å². The minimum Gasteiger partial charge on any atom is -0.480 e. The van der Waals surface area contributed by atoms with Crippen LogP contribution in [0.5, 0.6) is 0 Å². The highest BCUT2D eigenvalue weighted by molar-refractivity contribution is 7.99. The number of nitrogens with zero attached hydrogens (tertiary/aromatic N) is 1. The number of thioether (sulfide) groups is 1. The van der Waals surface area contributed by atoms with Crippen molar-refractivity contribution in [2.45, 2.75) is 18.9 Å². The number of sulfonamides is 1. The zero-order valence-corrected chi connectivity index (χ0v) is 12.0. The van der Waals surface area contributed by atoms with E-state index in [0.717, 1.165) is 18.6 Å². The molecule has 0 aromatic rings. The topological polar surface area (TPSA) is 101 Å². The van der Waals surface area contributed by atoms with Gasteiger partial charge in [0.2, 0.25) is 10.0 Å². The van der Waals surface area contributed by atoms with Gasteiger partial charge in [0.15, 0.2) is 0 Å². The van der Waals surface area contributed by atoms with Gasteiger partial charge in [0.25, 0.3) is 0 Å². The molecule has 0 spiro atoms. The summed E-state index contributed by atoms with van der Waals surface area (Å²) < 4.78 is 24.3. The van der Waals surface area contributed by atoms with Gasteiger partial charge in [-0.1, -0.05) is 0 Å². The second-order valence-electron chi connectivity index (χ2n) is 4.61. The molecule has 1 saturated heterocycles. The van der Waals surface area contributed by atoms with Crippen LogP contribution in [0.15, 0.2) is 0 Å². The van der Waals surface area contributed by atoms with Gasteiger partial charge in [-0.2, -0.15) is 11.8 Å². The number of carboxylic acid groups (broad SMARTS) is 1. The van der Waals surface area contributed by atoms with Crippen LogP contribution in [0, 0.1) is 5.92 Å². The zero-order chi connectivity index (χ0) is 13.8. The van der Waals surface area contributed by atoms with Crippen molar-refractivity contribution in [3.05, 3.63) is 0 Å². The molecule has 0 radical (unpaired) electrons. The summed E-state index contributed by atoms with van der Waals surface area (Å²) in [5, 5.41) is 8.64.